The Morgan fingerprint density at radius 1 is 0.943 bits per heavy atom. The molecule has 4 unspecified atom stereocenters. The molecule has 0 radical (unpaired) electrons. The highest BCUT2D eigenvalue weighted by Gasteiger charge is 2.35. The first-order valence-electron chi connectivity index (χ1n) is 13.0. The van der Waals surface area contributed by atoms with E-state index in [0.717, 1.165) is 23.3 Å². The molecule has 2 aliphatic rings. The summed E-state index contributed by atoms with van der Waals surface area (Å²) in [6.45, 7) is 5.65. The SMILES string of the molecule is C=CCOc1c(F)cc(C#Cc2ccc(C3CCC4CC(CC/C=C/C)CCC4C3)cc2)cc1F. The first-order valence-corrected chi connectivity index (χ1v) is 13.0. The predicted molar refractivity (Wildman–Crippen MR) is 139 cm³/mol. The highest BCUT2D eigenvalue weighted by molar-refractivity contribution is 5.46. The molecule has 184 valence electrons. The second-order valence-electron chi connectivity index (χ2n) is 10.1. The molecule has 3 heteroatoms. The quantitative estimate of drug-likeness (QED) is 0.288. The summed E-state index contributed by atoms with van der Waals surface area (Å²) in [7, 11) is 0. The van der Waals surface area contributed by atoms with E-state index in [1.54, 1.807) is 0 Å². The molecular formula is C32H36F2O. The van der Waals surface area contributed by atoms with Crippen LogP contribution in [-0.4, -0.2) is 6.61 Å². The van der Waals surface area contributed by atoms with Crippen LogP contribution in [0.5, 0.6) is 5.75 Å². The van der Waals surface area contributed by atoms with Crippen LogP contribution in [0.2, 0.25) is 0 Å². The maximum Gasteiger partial charge on any atom is 0.191 e. The zero-order chi connectivity index (χ0) is 24.6. The van der Waals surface area contributed by atoms with Gasteiger partial charge in [0, 0.05) is 11.1 Å². The Morgan fingerprint density at radius 2 is 1.63 bits per heavy atom. The van der Waals surface area contributed by atoms with E-state index in [9.17, 15) is 8.78 Å². The average Bonchev–Trinajstić information content (AvgIpc) is 2.87. The van der Waals surface area contributed by atoms with Crippen LogP contribution in [-0.2, 0) is 0 Å². The summed E-state index contributed by atoms with van der Waals surface area (Å²) in [6.07, 6.45) is 16.6. The average molecular weight is 475 g/mol. The summed E-state index contributed by atoms with van der Waals surface area (Å²) in [5, 5.41) is 0. The van der Waals surface area contributed by atoms with Crippen molar-refractivity contribution in [2.24, 2.45) is 17.8 Å². The summed E-state index contributed by atoms with van der Waals surface area (Å²) < 4.78 is 33.4. The van der Waals surface area contributed by atoms with Gasteiger partial charge in [-0.2, -0.15) is 0 Å². The number of benzene rings is 2. The molecule has 2 fully saturated rings. The fourth-order valence-electron chi connectivity index (χ4n) is 5.95. The Kier molecular flexibility index (Phi) is 8.80. The predicted octanol–water partition coefficient (Wildman–Crippen LogP) is 8.59. The van der Waals surface area contributed by atoms with E-state index in [0.29, 0.717) is 5.92 Å². The summed E-state index contributed by atoms with van der Waals surface area (Å²) in [6, 6.07) is 10.8. The van der Waals surface area contributed by atoms with Crippen molar-refractivity contribution in [3.05, 3.63) is 89.5 Å². The van der Waals surface area contributed by atoms with Gasteiger partial charge in [-0.05, 0) is 105 Å². The van der Waals surface area contributed by atoms with Gasteiger partial charge in [0.2, 0.25) is 0 Å². The number of allylic oxidation sites excluding steroid dienone is 2. The first kappa shape index (κ1) is 25.2. The van der Waals surface area contributed by atoms with E-state index in [4.69, 9.17) is 4.74 Å². The van der Waals surface area contributed by atoms with Crippen LogP contribution in [0.25, 0.3) is 0 Å². The molecule has 2 aromatic carbocycles. The van der Waals surface area contributed by atoms with Gasteiger partial charge in [0.15, 0.2) is 17.4 Å². The van der Waals surface area contributed by atoms with Gasteiger partial charge < -0.3 is 4.74 Å². The van der Waals surface area contributed by atoms with Crippen LogP contribution in [0.3, 0.4) is 0 Å². The van der Waals surface area contributed by atoms with E-state index in [1.807, 2.05) is 12.1 Å². The highest BCUT2D eigenvalue weighted by Crippen LogP contribution is 2.48. The molecule has 0 aromatic heterocycles. The number of hydrogen-bond acceptors (Lipinski definition) is 1. The maximum absolute atomic E-state index is 14.2. The Hall–Kier alpha value is -2.86. The summed E-state index contributed by atoms with van der Waals surface area (Å²) in [4.78, 5) is 0. The van der Waals surface area contributed by atoms with E-state index in [2.05, 4.69) is 49.6 Å². The van der Waals surface area contributed by atoms with Gasteiger partial charge in [-0.3, -0.25) is 0 Å². The number of ether oxygens (including phenoxy) is 1. The second kappa shape index (κ2) is 12.2. The molecular weight excluding hydrogens is 438 g/mol. The minimum atomic E-state index is -0.756. The Labute approximate surface area is 209 Å². The number of hydrogen-bond donors (Lipinski definition) is 0. The lowest BCUT2D eigenvalue weighted by Crippen LogP contribution is -2.30. The van der Waals surface area contributed by atoms with Crippen LogP contribution in [0.15, 0.2) is 61.2 Å². The van der Waals surface area contributed by atoms with Gasteiger partial charge in [-0.25, -0.2) is 8.78 Å². The molecule has 0 bridgehead atoms. The third-order valence-corrected chi connectivity index (χ3v) is 7.78. The molecule has 0 heterocycles. The van der Waals surface area contributed by atoms with Gasteiger partial charge >= 0.3 is 0 Å². The molecule has 2 aromatic rings. The van der Waals surface area contributed by atoms with E-state index < -0.39 is 17.4 Å². The molecule has 2 saturated carbocycles. The number of fused-ring (bicyclic) bond motifs is 1. The standard InChI is InChI=1S/C32H36F2O/c1-3-5-6-7-24-12-15-29-22-28(17-16-27(29)19-24)26-13-10-23(11-14-26)8-9-25-20-30(33)32(31(34)21-25)35-18-4-2/h3-5,10-11,13-14,20-21,24,27-29H,2,6-7,12,15-19,22H2,1H3/b5-3+. The van der Waals surface area contributed by atoms with E-state index >= 15 is 0 Å². The van der Waals surface area contributed by atoms with Crippen LogP contribution in [0.1, 0.15) is 80.9 Å². The lowest BCUT2D eigenvalue weighted by atomic mass is 9.63. The third-order valence-electron chi connectivity index (χ3n) is 7.78. The van der Waals surface area contributed by atoms with Crippen molar-refractivity contribution in [2.45, 2.75) is 64.2 Å². The van der Waals surface area contributed by atoms with Gasteiger partial charge in [-0.15, -0.1) is 0 Å². The number of rotatable bonds is 7. The maximum atomic E-state index is 14.2. The molecule has 0 aliphatic heterocycles. The van der Waals surface area contributed by atoms with Crippen molar-refractivity contribution in [3.8, 4) is 17.6 Å². The minimum Gasteiger partial charge on any atom is -0.483 e. The van der Waals surface area contributed by atoms with Crippen LogP contribution < -0.4 is 4.74 Å². The van der Waals surface area contributed by atoms with Crippen molar-refractivity contribution in [2.75, 3.05) is 6.61 Å². The number of halogens is 2. The Bertz CT molecular complexity index is 1070. The first-order chi connectivity index (χ1) is 17.1. The Morgan fingerprint density at radius 3 is 2.34 bits per heavy atom. The largest absolute Gasteiger partial charge is 0.483 e. The van der Waals surface area contributed by atoms with Crippen molar-refractivity contribution in [1.82, 2.24) is 0 Å². The van der Waals surface area contributed by atoms with Gasteiger partial charge in [0.1, 0.15) is 6.61 Å². The fraction of sp³-hybridized carbons (Fsp3) is 0.438. The van der Waals surface area contributed by atoms with E-state index in [1.165, 1.54) is 75.1 Å². The van der Waals surface area contributed by atoms with Gasteiger partial charge in [-0.1, -0.05) is 55.2 Å². The highest BCUT2D eigenvalue weighted by atomic mass is 19.1. The van der Waals surface area contributed by atoms with Crippen LogP contribution in [0.4, 0.5) is 8.78 Å². The van der Waals surface area contributed by atoms with Crippen molar-refractivity contribution in [3.63, 3.8) is 0 Å². The zero-order valence-corrected chi connectivity index (χ0v) is 20.7. The van der Waals surface area contributed by atoms with E-state index in [-0.39, 0.29) is 12.2 Å². The summed E-state index contributed by atoms with van der Waals surface area (Å²) in [5.41, 5.74) is 2.52. The molecule has 0 saturated heterocycles. The molecule has 4 atom stereocenters. The molecule has 2 aliphatic carbocycles. The molecule has 0 spiro atoms. The fourth-order valence-corrected chi connectivity index (χ4v) is 5.95. The monoisotopic (exact) mass is 474 g/mol. The zero-order valence-electron chi connectivity index (χ0n) is 20.7. The lowest BCUT2D eigenvalue weighted by molar-refractivity contribution is 0.115. The van der Waals surface area contributed by atoms with Crippen LogP contribution >= 0.6 is 0 Å². The van der Waals surface area contributed by atoms with Crippen LogP contribution in [0, 0.1) is 41.2 Å². The second-order valence-corrected chi connectivity index (χ2v) is 10.1. The Balaban J connectivity index is 1.34. The van der Waals surface area contributed by atoms with Gasteiger partial charge in [0.25, 0.3) is 0 Å². The summed E-state index contributed by atoms with van der Waals surface area (Å²) >= 11 is 0. The topological polar surface area (TPSA) is 9.23 Å². The van der Waals surface area contributed by atoms with Crippen molar-refractivity contribution >= 4 is 0 Å². The van der Waals surface area contributed by atoms with Gasteiger partial charge in [0.05, 0.1) is 0 Å². The minimum absolute atomic E-state index is 0.0466. The third kappa shape index (κ3) is 6.63. The molecule has 4 rings (SSSR count). The van der Waals surface area contributed by atoms with Crippen molar-refractivity contribution < 1.29 is 13.5 Å². The molecule has 35 heavy (non-hydrogen) atoms. The summed E-state index contributed by atoms with van der Waals surface area (Å²) in [5.74, 6) is 7.33. The molecule has 0 N–H and O–H groups in total. The lowest BCUT2D eigenvalue weighted by Gasteiger charge is -2.42. The van der Waals surface area contributed by atoms with Crippen molar-refractivity contribution in [1.29, 1.82) is 0 Å². The molecule has 0 amide bonds. The normalized spacial score (nSPS) is 23.9. The smallest absolute Gasteiger partial charge is 0.191 e. The molecule has 1 nitrogen and oxygen atoms in total.